The van der Waals surface area contributed by atoms with E-state index in [9.17, 15) is 9.59 Å². The van der Waals surface area contributed by atoms with Crippen LogP contribution in [0, 0.1) is 5.92 Å². The molecule has 0 radical (unpaired) electrons. The summed E-state index contributed by atoms with van der Waals surface area (Å²) < 4.78 is 1.60. The maximum absolute atomic E-state index is 12.8. The number of likely N-dealkylation sites (tertiary alicyclic amines) is 1. The lowest BCUT2D eigenvalue weighted by Crippen LogP contribution is -2.29. The number of carboxylic acids is 1. The SMILES string of the molecule is O=C(O)c1ccc(C[C@H]2CCN(C(=O)c3cnn4cccnc34)C2)cc1. The van der Waals surface area contributed by atoms with Gasteiger partial charge in [-0.2, -0.15) is 5.10 Å². The van der Waals surface area contributed by atoms with Gasteiger partial charge in [0.15, 0.2) is 5.65 Å². The van der Waals surface area contributed by atoms with Gasteiger partial charge < -0.3 is 10.0 Å². The molecule has 0 aliphatic carbocycles. The third-order valence-corrected chi connectivity index (χ3v) is 4.81. The van der Waals surface area contributed by atoms with Gasteiger partial charge in [-0.3, -0.25) is 4.79 Å². The lowest BCUT2D eigenvalue weighted by Gasteiger charge is -2.16. The van der Waals surface area contributed by atoms with E-state index in [1.807, 2.05) is 17.0 Å². The number of hydrogen-bond donors (Lipinski definition) is 1. The van der Waals surface area contributed by atoms with E-state index in [0.717, 1.165) is 18.4 Å². The summed E-state index contributed by atoms with van der Waals surface area (Å²) in [5, 5.41) is 13.1. The van der Waals surface area contributed by atoms with Crippen molar-refractivity contribution in [1.82, 2.24) is 19.5 Å². The topological polar surface area (TPSA) is 87.8 Å². The van der Waals surface area contributed by atoms with Crippen LogP contribution in [-0.4, -0.2) is 49.6 Å². The zero-order valence-electron chi connectivity index (χ0n) is 14.1. The highest BCUT2D eigenvalue weighted by atomic mass is 16.4. The standard InChI is InChI=1S/C19H18N4O3/c24-18(16-11-21-23-8-1-7-20-17(16)23)22-9-6-14(12-22)10-13-2-4-15(5-3-13)19(25)26/h1-5,7-8,11,14H,6,9-10,12H2,(H,25,26)/t14-/m1/s1. The second-order valence-corrected chi connectivity index (χ2v) is 6.56. The summed E-state index contributed by atoms with van der Waals surface area (Å²) in [6.07, 6.45) is 6.76. The maximum atomic E-state index is 12.8. The van der Waals surface area contributed by atoms with Crippen molar-refractivity contribution in [3.63, 3.8) is 0 Å². The smallest absolute Gasteiger partial charge is 0.335 e. The molecule has 3 aromatic rings. The summed E-state index contributed by atoms with van der Waals surface area (Å²) in [7, 11) is 0. The molecule has 1 saturated heterocycles. The molecule has 1 aliphatic rings. The number of aromatic nitrogens is 3. The zero-order valence-corrected chi connectivity index (χ0v) is 14.1. The summed E-state index contributed by atoms with van der Waals surface area (Å²) in [5.41, 5.74) is 2.48. The molecule has 7 nitrogen and oxygen atoms in total. The summed E-state index contributed by atoms with van der Waals surface area (Å²) in [6, 6.07) is 8.72. The van der Waals surface area contributed by atoms with E-state index in [0.29, 0.717) is 30.2 Å². The number of fused-ring (bicyclic) bond motifs is 1. The number of carboxylic acid groups (broad SMARTS) is 1. The monoisotopic (exact) mass is 350 g/mol. The van der Waals surface area contributed by atoms with Gasteiger partial charge in [0.05, 0.1) is 11.8 Å². The number of aromatic carboxylic acids is 1. The highest BCUT2D eigenvalue weighted by Crippen LogP contribution is 2.23. The van der Waals surface area contributed by atoms with E-state index in [1.54, 1.807) is 41.3 Å². The van der Waals surface area contributed by atoms with Crippen LogP contribution < -0.4 is 0 Å². The van der Waals surface area contributed by atoms with Crippen LogP contribution in [0.4, 0.5) is 0 Å². The van der Waals surface area contributed by atoms with Gasteiger partial charge in [-0.05, 0) is 42.5 Å². The van der Waals surface area contributed by atoms with Crippen LogP contribution in [0.15, 0.2) is 48.9 Å². The molecule has 4 rings (SSSR count). The van der Waals surface area contributed by atoms with Gasteiger partial charge in [0, 0.05) is 25.5 Å². The molecule has 132 valence electrons. The fourth-order valence-electron chi connectivity index (χ4n) is 3.45. The minimum atomic E-state index is -0.920. The number of carbonyl (C=O) groups excluding carboxylic acids is 1. The Labute approximate surface area is 149 Å². The van der Waals surface area contributed by atoms with Crippen LogP contribution in [-0.2, 0) is 6.42 Å². The molecule has 1 fully saturated rings. The maximum Gasteiger partial charge on any atom is 0.335 e. The molecule has 26 heavy (non-hydrogen) atoms. The molecule has 0 spiro atoms. The van der Waals surface area contributed by atoms with E-state index < -0.39 is 5.97 Å². The molecule has 1 aliphatic heterocycles. The van der Waals surface area contributed by atoms with Crippen LogP contribution in [0.5, 0.6) is 0 Å². The van der Waals surface area contributed by atoms with Crippen LogP contribution >= 0.6 is 0 Å². The van der Waals surface area contributed by atoms with Crippen LogP contribution in [0.1, 0.15) is 32.7 Å². The van der Waals surface area contributed by atoms with Crippen molar-refractivity contribution in [2.24, 2.45) is 5.92 Å². The van der Waals surface area contributed by atoms with Crippen molar-refractivity contribution in [2.45, 2.75) is 12.8 Å². The van der Waals surface area contributed by atoms with E-state index in [1.165, 1.54) is 0 Å². The van der Waals surface area contributed by atoms with Crippen molar-refractivity contribution in [1.29, 1.82) is 0 Å². The summed E-state index contributed by atoms with van der Waals surface area (Å²) in [6.45, 7) is 1.39. The molecule has 0 saturated carbocycles. The second-order valence-electron chi connectivity index (χ2n) is 6.56. The van der Waals surface area contributed by atoms with Gasteiger partial charge in [-0.1, -0.05) is 12.1 Å². The summed E-state index contributed by atoms with van der Waals surface area (Å²) in [5.74, 6) is -0.594. The molecule has 1 aromatic carbocycles. The Balaban J connectivity index is 1.43. The Kier molecular flexibility index (Phi) is 4.12. The first-order chi connectivity index (χ1) is 12.6. The number of hydrogen-bond acceptors (Lipinski definition) is 4. The van der Waals surface area contributed by atoms with Crippen molar-refractivity contribution in [3.05, 3.63) is 65.6 Å². The minimum absolute atomic E-state index is 0.0394. The fraction of sp³-hybridized carbons (Fsp3) is 0.263. The first-order valence-electron chi connectivity index (χ1n) is 8.51. The quantitative estimate of drug-likeness (QED) is 0.779. The van der Waals surface area contributed by atoms with Crippen molar-refractivity contribution in [3.8, 4) is 0 Å². The van der Waals surface area contributed by atoms with E-state index in [4.69, 9.17) is 5.11 Å². The molecule has 1 atom stereocenters. The third kappa shape index (κ3) is 3.03. The Hall–Kier alpha value is -3.22. The molecule has 7 heteroatoms. The molecule has 1 amide bonds. The van der Waals surface area contributed by atoms with Crippen molar-refractivity contribution in [2.75, 3.05) is 13.1 Å². The Morgan fingerprint density at radius 3 is 2.81 bits per heavy atom. The Bertz CT molecular complexity index is 964. The van der Waals surface area contributed by atoms with E-state index in [2.05, 4.69) is 10.1 Å². The van der Waals surface area contributed by atoms with Gasteiger partial charge in [-0.25, -0.2) is 14.3 Å². The average Bonchev–Trinajstić information content (AvgIpc) is 3.28. The van der Waals surface area contributed by atoms with Crippen molar-refractivity contribution < 1.29 is 14.7 Å². The van der Waals surface area contributed by atoms with Gasteiger partial charge >= 0.3 is 5.97 Å². The molecule has 3 heterocycles. The Morgan fingerprint density at radius 1 is 1.23 bits per heavy atom. The summed E-state index contributed by atoms with van der Waals surface area (Å²) >= 11 is 0. The van der Waals surface area contributed by atoms with Gasteiger partial charge in [0.2, 0.25) is 0 Å². The largest absolute Gasteiger partial charge is 0.478 e. The minimum Gasteiger partial charge on any atom is -0.478 e. The van der Waals surface area contributed by atoms with Crippen LogP contribution in [0.3, 0.4) is 0 Å². The van der Waals surface area contributed by atoms with Crippen molar-refractivity contribution >= 4 is 17.5 Å². The molecular weight excluding hydrogens is 332 g/mol. The first-order valence-corrected chi connectivity index (χ1v) is 8.51. The second kappa shape index (κ2) is 6.59. The highest BCUT2D eigenvalue weighted by molar-refractivity contribution is 5.99. The van der Waals surface area contributed by atoms with Gasteiger partial charge in [0.25, 0.3) is 5.91 Å². The van der Waals surface area contributed by atoms with Crippen LogP contribution in [0.2, 0.25) is 0 Å². The molecule has 0 bridgehead atoms. The average molecular weight is 350 g/mol. The van der Waals surface area contributed by atoms with Gasteiger partial charge in [0.1, 0.15) is 5.56 Å². The molecule has 2 aromatic heterocycles. The normalized spacial score (nSPS) is 16.9. The molecular formula is C19H18N4O3. The van der Waals surface area contributed by atoms with Crippen LogP contribution in [0.25, 0.3) is 5.65 Å². The van der Waals surface area contributed by atoms with E-state index in [-0.39, 0.29) is 11.5 Å². The molecule has 0 unspecified atom stereocenters. The lowest BCUT2D eigenvalue weighted by molar-refractivity contribution is 0.0696. The number of rotatable bonds is 4. The third-order valence-electron chi connectivity index (χ3n) is 4.81. The molecule has 1 N–H and O–H groups in total. The lowest BCUT2D eigenvalue weighted by atomic mass is 9.98. The fourth-order valence-corrected chi connectivity index (χ4v) is 3.45. The summed E-state index contributed by atoms with van der Waals surface area (Å²) in [4.78, 5) is 29.8. The predicted molar refractivity (Wildman–Crippen MR) is 94.1 cm³/mol. The number of amides is 1. The first kappa shape index (κ1) is 16.3. The number of carbonyl (C=O) groups is 2. The number of benzene rings is 1. The number of nitrogens with zero attached hydrogens (tertiary/aromatic N) is 4. The van der Waals surface area contributed by atoms with E-state index >= 15 is 0 Å². The zero-order chi connectivity index (χ0) is 18.1. The predicted octanol–water partition coefficient (Wildman–Crippen LogP) is 2.13. The van der Waals surface area contributed by atoms with Gasteiger partial charge in [-0.15, -0.1) is 0 Å². The Morgan fingerprint density at radius 2 is 2.04 bits per heavy atom. The highest BCUT2D eigenvalue weighted by Gasteiger charge is 2.29.